The van der Waals surface area contributed by atoms with Gasteiger partial charge in [-0.15, -0.1) is 6.55 Å². The van der Waals surface area contributed by atoms with E-state index in [2.05, 4.69) is 0 Å². The first-order chi connectivity index (χ1) is 2.00. The van der Waals surface area contributed by atoms with Crippen molar-refractivity contribution < 1.29 is 169 Å². The van der Waals surface area contributed by atoms with Gasteiger partial charge in [-0.3, -0.25) is 8.80 Å². The van der Waals surface area contributed by atoms with Crippen LogP contribution in [0.3, 0.4) is 0 Å². The fraction of sp³-hybridized carbons (Fsp3) is 1.00. The van der Waals surface area contributed by atoms with Crippen molar-refractivity contribution in [2.24, 2.45) is 0 Å². The monoisotopic (exact) mass is 208 g/mol. The third kappa shape index (κ3) is 44.0. The molecule has 0 aromatic carbocycles. The van der Waals surface area contributed by atoms with E-state index in [1.165, 1.54) is 0 Å². The molecule has 0 aliphatic rings. The largest absolute Gasteiger partial charge is 1.00 e. The molecule has 3 nitrogen and oxygen atoms in total. The van der Waals surface area contributed by atoms with Crippen LogP contribution >= 0.6 is 0 Å². The molecule has 0 aromatic rings. The fourth-order valence-corrected chi connectivity index (χ4v) is 0. The van der Waals surface area contributed by atoms with Gasteiger partial charge in [0, 0.05) is 0 Å². The van der Waals surface area contributed by atoms with Gasteiger partial charge in [0.2, 0.25) is 0 Å². The van der Waals surface area contributed by atoms with Crippen molar-refractivity contribution >= 4 is 8.80 Å². The standard InChI is InChI=1S/CH3O3Si.3K/c1-5(2,3)4;;;/h1H3;;;/q-3;3*+1. The Morgan fingerprint density at radius 2 is 0.875 bits per heavy atom. The van der Waals surface area contributed by atoms with E-state index in [0.717, 1.165) is 0 Å². The molecule has 0 atom stereocenters. The van der Waals surface area contributed by atoms with Gasteiger partial charge in [0.05, 0.1) is 0 Å². The summed E-state index contributed by atoms with van der Waals surface area (Å²) in [5, 5.41) is 0. The first-order valence-electron chi connectivity index (χ1n) is 1.11. The average Bonchev–Trinajstić information content (AvgIpc) is 0.722. The molecule has 0 bridgehead atoms. The minimum absolute atomic E-state index is 0. The molecular formula is CH3K3O3Si. The van der Waals surface area contributed by atoms with Gasteiger partial charge in [0.15, 0.2) is 0 Å². The summed E-state index contributed by atoms with van der Waals surface area (Å²) >= 11 is 0. The summed E-state index contributed by atoms with van der Waals surface area (Å²) in [6.45, 7) is 0.660. The normalized spacial score (nSPS) is 7.50. The topological polar surface area (TPSA) is 69.2 Å². The SMILES string of the molecule is C[Si]([O-])([O-])[O-].[K+].[K+].[K+]. The van der Waals surface area contributed by atoms with Crippen LogP contribution in [0.25, 0.3) is 0 Å². The molecule has 0 unspecified atom stereocenters. The minimum Gasteiger partial charge on any atom is -0.881 e. The van der Waals surface area contributed by atoms with Crippen molar-refractivity contribution in [2.75, 3.05) is 0 Å². The van der Waals surface area contributed by atoms with Crippen molar-refractivity contribution in [3.8, 4) is 0 Å². The first kappa shape index (κ1) is 23.1. The maximum atomic E-state index is 9.13. The second-order valence-corrected chi connectivity index (χ2v) is 2.59. The summed E-state index contributed by atoms with van der Waals surface area (Å²) in [5.74, 6) is 0. The van der Waals surface area contributed by atoms with E-state index in [9.17, 15) is 0 Å². The minimum atomic E-state index is -4.36. The fourth-order valence-electron chi connectivity index (χ4n) is 0. The molecular weight excluding hydrogens is 205 g/mol. The zero-order valence-corrected chi connectivity index (χ0v) is 16.1. The predicted molar refractivity (Wildman–Crippen MR) is 11.6 cm³/mol. The van der Waals surface area contributed by atoms with E-state index in [1.807, 2.05) is 0 Å². The maximum Gasteiger partial charge on any atom is 1.00 e. The molecule has 0 aliphatic carbocycles. The molecule has 8 heavy (non-hydrogen) atoms. The number of rotatable bonds is 0. The van der Waals surface area contributed by atoms with Crippen molar-refractivity contribution in [1.82, 2.24) is 0 Å². The summed E-state index contributed by atoms with van der Waals surface area (Å²) in [6, 6.07) is 0. The summed E-state index contributed by atoms with van der Waals surface area (Å²) in [4.78, 5) is 27.4. The Morgan fingerprint density at radius 1 is 0.875 bits per heavy atom. The molecule has 0 amide bonds. The van der Waals surface area contributed by atoms with Crippen LogP contribution in [0.2, 0.25) is 6.55 Å². The summed E-state index contributed by atoms with van der Waals surface area (Å²) in [7, 11) is -4.36. The second kappa shape index (κ2) is 12.0. The molecule has 0 spiro atoms. The second-order valence-electron chi connectivity index (χ2n) is 0.862. The van der Waals surface area contributed by atoms with E-state index in [1.54, 1.807) is 0 Å². The summed E-state index contributed by atoms with van der Waals surface area (Å²) < 4.78 is 0. The van der Waals surface area contributed by atoms with Gasteiger partial charge in [-0.25, -0.2) is 0 Å². The Hall–Kier alpha value is 5.01. The quantitative estimate of drug-likeness (QED) is 0.371. The smallest absolute Gasteiger partial charge is 0.881 e. The number of hydrogen-bond acceptors (Lipinski definition) is 3. The van der Waals surface area contributed by atoms with Crippen molar-refractivity contribution in [3.05, 3.63) is 0 Å². The molecule has 0 saturated heterocycles. The van der Waals surface area contributed by atoms with Crippen molar-refractivity contribution in [3.63, 3.8) is 0 Å². The van der Waals surface area contributed by atoms with Crippen molar-refractivity contribution in [2.45, 2.75) is 6.55 Å². The Balaban J connectivity index is -0.0000000267. The van der Waals surface area contributed by atoms with Gasteiger partial charge in [-0.1, -0.05) is 0 Å². The molecule has 0 aliphatic heterocycles. The van der Waals surface area contributed by atoms with Crippen LogP contribution in [-0.4, -0.2) is 8.80 Å². The van der Waals surface area contributed by atoms with Crippen LogP contribution in [-0.2, 0) is 0 Å². The van der Waals surface area contributed by atoms with Crippen LogP contribution in [0.1, 0.15) is 0 Å². The van der Waals surface area contributed by atoms with E-state index in [0.29, 0.717) is 6.55 Å². The molecule has 0 heterocycles. The predicted octanol–water partition coefficient (Wildman–Crippen LogP) is -12.4. The van der Waals surface area contributed by atoms with Crippen LogP contribution in [0.4, 0.5) is 0 Å². The average molecular weight is 208 g/mol. The van der Waals surface area contributed by atoms with Crippen LogP contribution in [0.15, 0.2) is 0 Å². The zero-order chi connectivity index (χ0) is 4.50. The van der Waals surface area contributed by atoms with Gasteiger partial charge in [-0.05, 0) is 0 Å². The van der Waals surface area contributed by atoms with Gasteiger partial charge in [0.25, 0.3) is 0 Å². The van der Waals surface area contributed by atoms with E-state index < -0.39 is 8.80 Å². The molecule has 0 aromatic heterocycles. The Labute approximate surface area is 178 Å². The third-order valence-electron chi connectivity index (χ3n) is 0. The molecule has 32 valence electrons. The third-order valence-corrected chi connectivity index (χ3v) is 0. The van der Waals surface area contributed by atoms with Gasteiger partial charge in [0.1, 0.15) is 0 Å². The number of hydrogen-bond donors (Lipinski definition) is 0. The van der Waals surface area contributed by atoms with Crippen LogP contribution in [0.5, 0.6) is 0 Å². The molecule has 0 N–H and O–H groups in total. The molecule has 0 fully saturated rings. The molecule has 0 rings (SSSR count). The van der Waals surface area contributed by atoms with Crippen LogP contribution in [0, 0.1) is 0 Å². The maximum absolute atomic E-state index is 9.13. The summed E-state index contributed by atoms with van der Waals surface area (Å²) in [6.07, 6.45) is 0. The van der Waals surface area contributed by atoms with Crippen molar-refractivity contribution in [1.29, 1.82) is 0 Å². The first-order valence-corrected chi connectivity index (χ1v) is 3.34. The molecule has 0 saturated carbocycles. The zero-order valence-electron chi connectivity index (χ0n) is 5.72. The van der Waals surface area contributed by atoms with Crippen LogP contribution < -0.4 is 169 Å². The van der Waals surface area contributed by atoms with Gasteiger partial charge < -0.3 is 14.4 Å². The Bertz CT molecular complexity index is 30.0. The van der Waals surface area contributed by atoms with E-state index >= 15 is 0 Å². The van der Waals surface area contributed by atoms with E-state index in [-0.39, 0.29) is 154 Å². The molecule has 7 heteroatoms. The Kier molecular flexibility index (Phi) is 34.7. The van der Waals surface area contributed by atoms with Gasteiger partial charge in [-0.2, -0.15) is 0 Å². The van der Waals surface area contributed by atoms with Gasteiger partial charge >= 0.3 is 154 Å². The van der Waals surface area contributed by atoms with E-state index in [4.69, 9.17) is 14.4 Å². The Morgan fingerprint density at radius 3 is 0.875 bits per heavy atom. The summed E-state index contributed by atoms with van der Waals surface area (Å²) in [5.41, 5.74) is 0. The molecule has 0 radical (unpaired) electrons.